The third-order valence-corrected chi connectivity index (χ3v) is 7.01. The lowest BCUT2D eigenvalue weighted by Gasteiger charge is -2.26. The average Bonchev–Trinajstić information content (AvgIpc) is 2.96. The SMILES string of the molecule is O=C(O)[C@@H]1[C@@H]2C[C@@H]2CN1c1cc(S(=O)(=O)N2CCCC2)ccn1. The number of piperidine rings is 1. The number of fused-ring (bicyclic) bond motifs is 1. The van der Waals surface area contributed by atoms with Crippen molar-refractivity contribution in [2.45, 2.75) is 30.2 Å². The van der Waals surface area contributed by atoms with Gasteiger partial charge >= 0.3 is 5.97 Å². The lowest BCUT2D eigenvalue weighted by atomic mass is 10.2. The highest BCUT2D eigenvalue weighted by Crippen LogP contribution is 2.50. The molecule has 1 aromatic heterocycles. The Morgan fingerprint density at radius 1 is 1.30 bits per heavy atom. The zero-order valence-electron chi connectivity index (χ0n) is 12.6. The van der Waals surface area contributed by atoms with E-state index in [1.165, 1.54) is 22.6 Å². The van der Waals surface area contributed by atoms with Gasteiger partial charge in [-0.3, -0.25) is 0 Å². The highest BCUT2D eigenvalue weighted by Gasteiger charge is 2.56. The molecule has 0 unspecified atom stereocenters. The number of carboxylic acids is 1. The van der Waals surface area contributed by atoms with Crippen molar-refractivity contribution in [3.8, 4) is 0 Å². The number of anilines is 1. The molecule has 8 heteroatoms. The summed E-state index contributed by atoms with van der Waals surface area (Å²) in [6, 6.07) is 2.43. The third kappa shape index (κ3) is 2.40. The van der Waals surface area contributed by atoms with Crippen LogP contribution in [0.4, 0.5) is 5.82 Å². The van der Waals surface area contributed by atoms with Crippen molar-refractivity contribution in [2.24, 2.45) is 11.8 Å². The van der Waals surface area contributed by atoms with Gasteiger partial charge in [0, 0.05) is 31.9 Å². The zero-order valence-corrected chi connectivity index (χ0v) is 13.4. The molecule has 2 saturated heterocycles. The smallest absolute Gasteiger partial charge is 0.326 e. The van der Waals surface area contributed by atoms with Crippen LogP contribution in [0.25, 0.3) is 0 Å². The standard InChI is InChI=1S/C15H19N3O4S/c19-15(20)14-12-7-10(12)9-18(14)13-8-11(3-4-16-13)23(21,22)17-5-1-2-6-17/h3-4,8,10,12,14H,1-2,5-7,9H2,(H,19,20)/t10-,12-,14+/m1/s1. The maximum atomic E-state index is 12.7. The van der Waals surface area contributed by atoms with E-state index in [1.807, 2.05) is 0 Å². The van der Waals surface area contributed by atoms with Crippen LogP contribution >= 0.6 is 0 Å². The highest BCUT2D eigenvalue weighted by molar-refractivity contribution is 7.89. The molecule has 3 aliphatic rings. The van der Waals surface area contributed by atoms with Gasteiger partial charge in [-0.05, 0) is 37.2 Å². The normalized spacial score (nSPS) is 30.4. The molecule has 124 valence electrons. The molecular weight excluding hydrogens is 318 g/mol. The second-order valence-corrected chi connectivity index (χ2v) is 8.49. The molecule has 3 fully saturated rings. The number of hydrogen-bond acceptors (Lipinski definition) is 5. The van der Waals surface area contributed by atoms with Crippen molar-refractivity contribution in [3.05, 3.63) is 18.3 Å². The summed E-state index contributed by atoms with van der Waals surface area (Å²) >= 11 is 0. The molecule has 0 bridgehead atoms. The van der Waals surface area contributed by atoms with Gasteiger partial charge in [-0.2, -0.15) is 4.31 Å². The molecule has 0 aromatic carbocycles. The predicted octanol–water partition coefficient (Wildman–Crippen LogP) is 0.775. The first-order chi connectivity index (χ1) is 11.0. The third-order valence-electron chi connectivity index (χ3n) is 5.12. The van der Waals surface area contributed by atoms with Gasteiger partial charge in [0.1, 0.15) is 11.9 Å². The van der Waals surface area contributed by atoms with E-state index in [0.29, 0.717) is 31.4 Å². The van der Waals surface area contributed by atoms with Crippen LogP contribution in [0.15, 0.2) is 23.2 Å². The monoisotopic (exact) mass is 337 g/mol. The topological polar surface area (TPSA) is 90.8 Å². The number of aliphatic carboxylic acids is 1. The quantitative estimate of drug-likeness (QED) is 0.873. The molecule has 1 N–H and O–H groups in total. The van der Waals surface area contributed by atoms with E-state index in [9.17, 15) is 18.3 Å². The zero-order chi connectivity index (χ0) is 16.2. The van der Waals surface area contributed by atoms with Gasteiger partial charge in [0.15, 0.2) is 0 Å². The van der Waals surface area contributed by atoms with Crippen LogP contribution in [0, 0.1) is 11.8 Å². The lowest BCUT2D eigenvalue weighted by molar-refractivity contribution is -0.138. The number of pyridine rings is 1. The van der Waals surface area contributed by atoms with Gasteiger partial charge < -0.3 is 10.0 Å². The molecule has 0 amide bonds. The first-order valence-corrected chi connectivity index (χ1v) is 9.38. The second-order valence-electron chi connectivity index (χ2n) is 6.56. The predicted molar refractivity (Wildman–Crippen MR) is 82.6 cm³/mol. The maximum absolute atomic E-state index is 12.7. The largest absolute Gasteiger partial charge is 0.480 e. The Bertz CT molecular complexity index is 745. The Labute approximate surface area is 135 Å². The molecule has 1 aliphatic carbocycles. The summed E-state index contributed by atoms with van der Waals surface area (Å²) < 4.78 is 26.8. The summed E-state index contributed by atoms with van der Waals surface area (Å²) in [4.78, 5) is 17.7. The molecule has 3 heterocycles. The number of sulfonamides is 1. The van der Waals surface area contributed by atoms with Gasteiger partial charge in [0.05, 0.1) is 4.90 Å². The van der Waals surface area contributed by atoms with Crippen LogP contribution in [0.2, 0.25) is 0 Å². The number of carbonyl (C=O) groups is 1. The summed E-state index contributed by atoms with van der Waals surface area (Å²) in [6.07, 6.45) is 4.17. The van der Waals surface area contributed by atoms with Crippen LogP contribution in [0.5, 0.6) is 0 Å². The maximum Gasteiger partial charge on any atom is 0.326 e. The number of rotatable bonds is 4. The molecule has 0 spiro atoms. The van der Waals surface area contributed by atoms with Crippen molar-refractivity contribution in [3.63, 3.8) is 0 Å². The van der Waals surface area contributed by atoms with E-state index in [-0.39, 0.29) is 10.8 Å². The van der Waals surface area contributed by atoms with Crippen molar-refractivity contribution in [2.75, 3.05) is 24.5 Å². The fourth-order valence-corrected chi connectivity index (χ4v) is 5.34. The van der Waals surface area contributed by atoms with Crippen molar-refractivity contribution in [1.82, 2.24) is 9.29 Å². The number of hydrogen-bond donors (Lipinski definition) is 1. The van der Waals surface area contributed by atoms with E-state index in [4.69, 9.17) is 0 Å². The summed E-state index contributed by atoms with van der Waals surface area (Å²) in [5.74, 6) is 0.166. The van der Waals surface area contributed by atoms with Crippen LogP contribution < -0.4 is 4.90 Å². The average molecular weight is 337 g/mol. The van der Waals surface area contributed by atoms with Crippen LogP contribution in [0.3, 0.4) is 0 Å². The molecular formula is C15H19N3O4S. The summed E-state index contributed by atoms with van der Waals surface area (Å²) in [5.41, 5.74) is 0. The van der Waals surface area contributed by atoms with Gasteiger partial charge in [-0.15, -0.1) is 0 Å². The van der Waals surface area contributed by atoms with Gasteiger partial charge in [0.25, 0.3) is 0 Å². The van der Waals surface area contributed by atoms with Crippen LogP contribution in [0.1, 0.15) is 19.3 Å². The van der Waals surface area contributed by atoms with Crippen molar-refractivity contribution in [1.29, 1.82) is 0 Å². The van der Waals surface area contributed by atoms with Gasteiger partial charge in [-0.1, -0.05) is 0 Å². The van der Waals surface area contributed by atoms with Crippen LogP contribution in [-0.4, -0.2) is 54.5 Å². The first-order valence-electron chi connectivity index (χ1n) is 7.94. The molecule has 3 atom stereocenters. The lowest BCUT2D eigenvalue weighted by Crippen LogP contribution is -2.40. The molecule has 23 heavy (non-hydrogen) atoms. The summed E-state index contributed by atoms with van der Waals surface area (Å²) in [5, 5.41) is 9.45. The molecule has 0 radical (unpaired) electrons. The Morgan fingerprint density at radius 3 is 2.74 bits per heavy atom. The molecule has 7 nitrogen and oxygen atoms in total. The van der Waals surface area contributed by atoms with E-state index in [2.05, 4.69) is 4.98 Å². The molecule has 4 rings (SSSR count). The molecule has 2 aliphatic heterocycles. The molecule has 1 saturated carbocycles. The van der Waals surface area contributed by atoms with E-state index < -0.39 is 22.0 Å². The fraction of sp³-hybridized carbons (Fsp3) is 0.600. The Morgan fingerprint density at radius 2 is 2.04 bits per heavy atom. The summed E-state index contributed by atoms with van der Waals surface area (Å²) in [6.45, 7) is 1.74. The molecule has 1 aromatic rings. The highest BCUT2D eigenvalue weighted by atomic mass is 32.2. The van der Waals surface area contributed by atoms with E-state index >= 15 is 0 Å². The number of nitrogens with zero attached hydrogens (tertiary/aromatic N) is 3. The Kier molecular flexibility index (Phi) is 3.35. The fourth-order valence-electron chi connectivity index (χ4n) is 3.81. The van der Waals surface area contributed by atoms with Crippen molar-refractivity contribution < 1.29 is 18.3 Å². The number of carboxylic acid groups (broad SMARTS) is 1. The van der Waals surface area contributed by atoms with Gasteiger partial charge in [0.2, 0.25) is 10.0 Å². The Balaban J connectivity index is 1.65. The second kappa shape index (κ2) is 5.17. The van der Waals surface area contributed by atoms with E-state index in [0.717, 1.165) is 19.3 Å². The van der Waals surface area contributed by atoms with E-state index in [1.54, 1.807) is 4.90 Å². The minimum absolute atomic E-state index is 0.174. The van der Waals surface area contributed by atoms with Crippen LogP contribution in [-0.2, 0) is 14.8 Å². The summed E-state index contributed by atoms with van der Waals surface area (Å²) in [7, 11) is -3.51. The van der Waals surface area contributed by atoms with Crippen molar-refractivity contribution >= 4 is 21.8 Å². The first kappa shape index (κ1) is 14.9. The minimum atomic E-state index is -3.51. The Hall–Kier alpha value is -1.67. The van der Waals surface area contributed by atoms with Gasteiger partial charge in [-0.25, -0.2) is 18.2 Å². The minimum Gasteiger partial charge on any atom is -0.480 e. The number of aromatic nitrogens is 1.